The molecule has 0 saturated carbocycles. The second kappa shape index (κ2) is 6.25. The second-order valence-corrected chi connectivity index (χ2v) is 4.93. The predicted molar refractivity (Wildman–Crippen MR) is 75.4 cm³/mol. The molecular weight excluding hydrogens is 223 g/mol. The molecule has 1 saturated heterocycles. The Morgan fingerprint density at radius 1 is 1.44 bits per heavy atom. The number of nitrogens with zero attached hydrogens (tertiary/aromatic N) is 1. The van der Waals surface area contributed by atoms with E-state index in [0.717, 1.165) is 38.3 Å². The lowest BCUT2D eigenvalue weighted by Gasteiger charge is -2.39. The first-order valence-electron chi connectivity index (χ1n) is 6.61. The van der Waals surface area contributed by atoms with Crippen LogP contribution in [0.3, 0.4) is 0 Å². The van der Waals surface area contributed by atoms with Gasteiger partial charge < -0.3 is 10.5 Å². The van der Waals surface area contributed by atoms with Crippen molar-refractivity contribution in [3.63, 3.8) is 0 Å². The van der Waals surface area contributed by atoms with Crippen molar-refractivity contribution in [1.29, 1.82) is 0 Å². The molecule has 2 radical (unpaired) electrons. The van der Waals surface area contributed by atoms with Crippen molar-refractivity contribution < 1.29 is 4.74 Å². The van der Waals surface area contributed by atoms with Crippen LogP contribution in [0.4, 0.5) is 0 Å². The number of likely N-dealkylation sites (tertiary alicyclic amines) is 1. The molecular formula is C14H21BN2O. The maximum Gasteiger partial charge on any atom is 0.124 e. The van der Waals surface area contributed by atoms with Gasteiger partial charge in [-0.25, -0.2) is 0 Å². The molecule has 0 bridgehead atoms. The molecule has 0 amide bonds. The van der Waals surface area contributed by atoms with Gasteiger partial charge in [-0.1, -0.05) is 18.5 Å². The Bertz CT molecular complexity index is 391. The third-order valence-electron chi connectivity index (χ3n) is 3.33. The van der Waals surface area contributed by atoms with Gasteiger partial charge in [-0.3, -0.25) is 4.90 Å². The van der Waals surface area contributed by atoms with Crippen LogP contribution in [0, 0.1) is 6.92 Å². The van der Waals surface area contributed by atoms with Crippen molar-refractivity contribution in [2.24, 2.45) is 5.73 Å². The Morgan fingerprint density at radius 2 is 2.22 bits per heavy atom. The summed E-state index contributed by atoms with van der Waals surface area (Å²) in [5, 5.41) is 0. The maximum atomic E-state index is 5.98. The Labute approximate surface area is 111 Å². The van der Waals surface area contributed by atoms with E-state index < -0.39 is 0 Å². The fraction of sp³-hybridized carbons (Fsp3) is 0.571. The summed E-state index contributed by atoms with van der Waals surface area (Å²) >= 11 is 0. The largest absolute Gasteiger partial charge is 0.487 e. The predicted octanol–water partition coefficient (Wildman–Crippen LogP) is 1.15. The van der Waals surface area contributed by atoms with Crippen LogP contribution in [0.5, 0.6) is 5.75 Å². The Kier molecular flexibility index (Phi) is 4.67. The standard InChI is InChI=1S/C14H21BN2O/c1-11-8-12(4-5-15)2-3-14(11)18-13-9-17(10-13)7-6-16/h2-3,8,13H,4-7,9-10,16H2,1H3. The first kappa shape index (κ1) is 13.4. The summed E-state index contributed by atoms with van der Waals surface area (Å²) in [6, 6.07) is 6.33. The van der Waals surface area contributed by atoms with Gasteiger partial charge in [0, 0.05) is 26.2 Å². The average Bonchev–Trinajstić information content (AvgIpc) is 2.29. The molecule has 18 heavy (non-hydrogen) atoms. The molecule has 1 aromatic rings. The summed E-state index contributed by atoms with van der Waals surface area (Å²) in [6.07, 6.45) is 1.93. The van der Waals surface area contributed by atoms with Gasteiger partial charge in [-0.15, -0.1) is 0 Å². The van der Waals surface area contributed by atoms with E-state index in [1.165, 1.54) is 11.1 Å². The minimum absolute atomic E-state index is 0.315. The third-order valence-corrected chi connectivity index (χ3v) is 3.33. The lowest BCUT2D eigenvalue weighted by atomic mass is 9.96. The zero-order valence-corrected chi connectivity index (χ0v) is 11.1. The summed E-state index contributed by atoms with van der Waals surface area (Å²) in [4.78, 5) is 2.31. The van der Waals surface area contributed by atoms with Crippen LogP contribution in [0.1, 0.15) is 11.1 Å². The number of rotatable bonds is 6. The smallest absolute Gasteiger partial charge is 0.124 e. The van der Waals surface area contributed by atoms with E-state index in [2.05, 4.69) is 30.0 Å². The summed E-state index contributed by atoms with van der Waals surface area (Å²) in [5.41, 5.74) is 7.98. The molecule has 0 aromatic heterocycles. The Balaban J connectivity index is 1.87. The summed E-state index contributed by atoms with van der Waals surface area (Å²) in [6.45, 7) is 5.75. The molecule has 1 aliphatic rings. The van der Waals surface area contributed by atoms with Crippen LogP contribution in [0.15, 0.2) is 18.2 Å². The minimum Gasteiger partial charge on any atom is -0.487 e. The Morgan fingerprint density at radius 3 is 2.83 bits per heavy atom. The molecule has 2 N–H and O–H groups in total. The quantitative estimate of drug-likeness (QED) is 0.763. The van der Waals surface area contributed by atoms with E-state index in [4.69, 9.17) is 18.3 Å². The van der Waals surface area contributed by atoms with Crippen LogP contribution >= 0.6 is 0 Å². The molecule has 1 heterocycles. The third kappa shape index (κ3) is 3.27. The van der Waals surface area contributed by atoms with Gasteiger partial charge in [0.25, 0.3) is 0 Å². The van der Waals surface area contributed by atoms with Crippen molar-refractivity contribution in [3.05, 3.63) is 29.3 Å². The van der Waals surface area contributed by atoms with E-state index in [1.54, 1.807) is 0 Å². The van der Waals surface area contributed by atoms with E-state index in [-0.39, 0.29) is 0 Å². The van der Waals surface area contributed by atoms with Crippen LogP contribution in [0.25, 0.3) is 0 Å². The molecule has 96 valence electrons. The SMILES string of the molecule is [B]CCc1ccc(OC2CN(CCN)C2)c(C)c1. The zero-order valence-electron chi connectivity index (χ0n) is 11.1. The highest BCUT2D eigenvalue weighted by molar-refractivity contribution is 6.08. The number of hydrogen-bond acceptors (Lipinski definition) is 3. The van der Waals surface area contributed by atoms with Gasteiger partial charge in [0.1, 0.15) is 11.9 Å². The summed E-state index contributed by atoms with van der Waals surface area (Å²) in [7, 11) is 5.56. The van der Waals surface area contributed by atoms with Crippen LogP contribution < -0.4 is 10.5 Å². The number of nitrogens with two attached hydrogens (primary N) is 1. The minimum atomic E-state index is 0.315. The van der Waals surface area contributed by atoms with Crippen LogP contribution in [-0.2, 0) is 6.42 Å². The topological polar surface area (TPSA) is 38.5 Å². The molecule has 0 atom stereocenters. The van der Waals surface area contributed by atoms with E-state index >= 15 is 0 Å². The van der Waals surface area contributed by atoms with E-state index in [0.29, 0.717) is 12.4 Å². The highest BCUT2D eigenvalue weighted by Crippen LogP contribution is 2.23. The van der Waals surface area contributed by atoms with Crippen molar-refractivity contribution in [3.8, 4) is 5.75 Å². The van der Waals surface area contributed by atoms with Gasteiger partial charge in [0.05, 0.1) is 7.85 Å². The normalized spacial score (nSPS) is 16.6. The number of benzene rings is 1. The monoisotopic (exact) mass is 244 g/mol. The number of ether oxygens (including phenoxy) is 1. The maximum absolute atomic E-state index is 5.98. The molecule has 0 unspecified atom stereocenters. The summed E-state index contributed by atoms with van der Waals surface area (Å²) < 4.78 is 5.98. The van der Waals surface area contributed by atoms with Crippen molar-refractivity contribution >= 4 is 7.85 Å². The highest BCUT2D eigenvalue weighted by Gasteiger charge is 2.27. The van der Waals surface area contributed by atoms with E-state index in [9.17, 15) is 0 Å². The molecule has 4 heteroatoms. The molecule has 0 spiro atoms. The van der Waals surface area contributed by atoms with Gasteiger partial charge in [-0.2, -0.15) is 0 Å². The summed E-state index contributed by atoms with van der Waals surface area (Å²) in [5.74, 6) is 0.994. The van der Waals surface area contributed by atoms with E-state index in [1.807, 2.05) is 0 Å². The highest BCUT2D eigenvalue weighted by atomic mass is 16.5. The lowest BCUT2D eigenvalue weighted by molar-refractivity contribution is 0.0219. The molecule has 1 aliphatic heterocycles. The molecule has 2 rings (SSSR count). The first-order chi connectivity index (χ1) is 8.72. The number of aryl methyl sites for hydroxylation is 2. The van der Waals surface area contributed by atoms with Gasteiger partial charge in [0.15, 0.2) is 0 Å². The number of hydrogen-bond donors (Lipinski definition) is 1. The fourth-order valence-corrected chi connectivity index (χ4v) is 2.31. The van der Waals surface area contributed by atoms with Gasteiger partial charge in [-0.05, 0) is 30.5 Å². The Hall–Kier alpha value is -0.995. The average molecular weight is 244 g/mol. The van der Waals surface area contributed by atoms with Crippen molar-refractivity contribution in [2.75, 3.05) is 26.2 Å². The lowest BCUT2D eigenvalue weighted by Crippen LogP contribution is -2.55. The second-order valence-electron chi connectivity index (χ2n) is 4.93. The molecule has 1 fully saturated rings. The molecule has 1 aromatic carbocycles. The van der Waals surface area contributed by atoms with Gasteiger partial charge in [0.2, 0.25) is 0 Å². The molecule has 3 nitrogen and oxygen atoms in total. The van der Waals surface area contributed by atoms with Crippen LogP contribution in [0.2, 0.25) is 6.32 Å². The molecule has 0 aliphatic carbocycles. The van der Waals surface area contributed by atoms with Gasteiger partial charge >= 0.3 is 0 Å². The fourth-order valence-electron chi connectivity index (χ4n) is 2.31. The van der Waals surface area contributed by atoms with Crippen molar-refractivity contribution in [2.45, 2.75) is 25.8 Å². The zero-order chi connectivity index (χ0) is 13.0. The van der Waals surface area contributed by atoms with Crippen molar-refractivity contribution in [1.82, 2.24) is 4.90 Å². The first-order valence-corrected chi connectivity index (χ1v) is 6.61. The van der Waals surface area contributed by atoms with Crippen LogP contribution in [-0.4, -0.2) is 45.0 Å².